The van der Waals surface area contributed by atoms with Crippen LogP contribution >= 0.6 is 15.9 Å². The van der Waals surface area contributed by atoms with Crippen molar-refractivity contribution in [3.05, 3.63) is 58.7 Å². The van der Waals surface area contributed by atoms with Crippen molar-refractivity contribution >= 4 is 15.9 Å². The van der Waals surface area contributed by atoms with Gasteiger partial charge in [-0.1, -0.05) is 15.9 Å². The molecular formula is C16H15BrF2O2. The van der Waals surface area contributed by atoms with E-state index in [1.807, 2.05) is 0 Å². The maximum absolute atomic E-state index is 14.1. The van der Waals surface area contributed by atoms with Gasteiger partial charge < -0.3 is 9.47 Å². The number of rotatable bonds is 4. The van der Waals surface area contributed by atoms with Crippen LogP contribution in [0.1, 0.15) is 21.5 Å². The highest BCUT2D eigenvalue weighted by Gasteiger charge is 2.18. The molecule has 0 aromatic heterocycles. The highest BCUT2D eigenvalue weighted by Crippen LogP contribution is 2.37. The number of hydrogen-bond acceptors (Lipinski definition) is 2. The second-order valence-electron chi connectivity index (χ2n) is 4.63. The quantitative estimate of drug-likeness (QED) is 0.734. The monoisotopic (exact) mass is 356 g/mol. The molecule has 21 heavy (non-hydrogen) atoms. The van der Waals surface area contributed by atoms with Crippen LogP contribution in [0.15, 0.2) is 30.3 Å². The number of methoxy groups -OCH3 is 2. The molecule has 5 heteroatoms. The van der Waals surface area contributed by atoms with Crippen LogP contribution < -0.4 is 9.47 Å². The summed E-state index contributed by atoms with van der Waals surface area (Å²) in [5.74, 6) is 0.270. The van der Waals surface area contributed by atoms with Gasteiger partial charge in [-0.3, -0.25) is 0 Å². The zero-order chi connectivity index (χ0) is 15.6. The minimum absolute atomic E-state index is 0.230. The lowest BCUT2D eigenvalue weighted by molar-refractivity contribution is 0.393. The molecule has 1 atom stereocenters. The molecule has 0 aliphatic rings. The first-order valence-corrected chi connectivity index (χ1v) is 7.20. The van der Waals surface area contributed by atoms with Gasteiger partial charge in [0, 0.05) is 11.6 Å². The van der Waals surface area contributed by atoms with Gasteiger partial charge in [0.2, 0.25) is 0 Å². The van der Waals surface area contributed by atoms with E-state index in [1.54, 1.807) is 18.2 Å². The summed E-state index contributed by atoms with van der Waals surface area (Å²) in [5, 5.41) is 0. The number of halogens is 3. The molecule has 1 unspecified atom stereocenters. The van der Waals surface area contributed by atoms with Crippen LogP contribution in [0.2, 0.25) is 0 Å². The molecule has 0 spiro atoms. The predicted molar refractivity (Wildman–Crippen MR) is 81.4 cm³/mol. The van der Waals surface area contributed by atoms with Crippen molar-refractivity contribution in [1.29, 1.82) is 0 Å². The van der Waals surface area contributed by atoms with Crippen LogP contribution in [0.25, 0.3) is 0 Å². The van der Waals surface area contributed by atoms with Gasteiger partial charge >= 0.3 is 0 Å². The van der Waals surface area contributed by atoms with E-state index in [9.17, 15) is 8.78 Å². The zero-order valence-electron chi connectivity index (χ0n) is 11.9. The van der Waals surface area contributed by atoms with E-state index in [2.05, 4.69) is 15.9 Å². The summed E-state index contributed by atoms with van der Waals surface area (Å²) in [4.78, 5) is -0.503. The average molecular weight is 357 g/mol. The summed E-state index contributed by atoms with van der Waals surface area (Å²) in [7, 11) is 3.07. The molecular weight excluding hydrogens is 342 g/mol. The summed E-state index contributed by atoms with van der Waals surface area (Å²) in [6.07, 6.45) is 0. The smallest absolute Gasteiger partial charge is 0.128 e. The van der Waals surface area contributed by atoms with Gasteiger partial charge in [0.05, 0.1) is 19.0 Å². The number of alkyl halides is 1. The number of benzene rings is 2. The van der Waals surface area contributed by atoms with Gasteiger partial charge in [0.25, 0.3) is 0 Å². The first-order valence-electron chi connectivity index (χ1n) is 6.29. The molecule has 0 saturated heterocycles. The minimum atomic E-state index is -0.503. The molecule has 0 heterocycles. The van der Waals surface area contributed by atoms with Crippen molar-refractivity contribution in [2.24, 2.45) is 0 Å². The normalized spacial score (nSPS) is 12.1. The third kappa shape index (κ3) is 3.35. The molecule has 2 aromatic carbocycles. The fourth-order valence-corrected chi connectivity index (χ4v) is 2.63. The maximum Gasteiger partial charge on any atom is 0.128 e. The van der Waals surface area contributed by atoms with E-state index in [1.165, 1.54) is 33.3 Å². The molecule has 2 aromatic rings. The fourth-order valence-electron chi connectivity index (χ4n) is 2.01. The lowest BCUT2D eigenvalue weighted by Crippen LogP contribution is -2.00. The summed E-state index contributed by atoms with van der Waals surface area (Å²) in [6, 6.07) is 7.61. The summed E-state index contributed by atoms with van der Waals surface area (Å²) in [5.41, 5.74) is 1.22. The highest BCUT2D eigenvalue weighted by molar-refractivity contribution is 9.09. The van der Waals surface area contributed by atoms with Crippen LogP contribution in [0.5, 0.6) is 11.5 Å². The Kier molecular flexibility index (Phi) is 4.83. The van der Waals surface area contributed by atoms with Crippen LogP contribution in [-0.2, 0) is 0 Å². The Morgan fingerprint density at radius 1 is 0.905 bits per heavy atom. The van der Waals surface area contributed by atoms with Gasteiger partial charge in [-0.25, -0.2) is 8.78 Å². The van der Waals surface area contributed by atoms with Crippen LogP contribution in [0, 0.1) is 18.6 Å². The van der Waals surface area contributed by atoms with Crippen molar-refractivity contribution in [1.82, 2.24) is 0 Å². The minimum Gasteiger partial charge on any atom is -0.497 e. The average Bonchev–Trinajstić information content (AvgIpc) is 2.49. The van der Waals surface area contributed by atoms with Gasteiger partial charge in [-0.15, -0.1) is 0 Å². The molecule has 0 bridgehead atoms. The molecule has 0 radical (unpaired) electrons. The van der Waals surface area contributed by atoms with Crippen molar-refractivity contribution in [3.8, 4) is 11.5 Å². The molecule has 0 N–H and O–H groups in total. The number of ether oxygens (including phenoxy) is 2. The van der Waals surface area contributed by atoms with Crippen LogP contribution in [-0.4, -0.2) is 14.2 Å². The Morgan fingerprint density at radius 2 is 1.48 bits per heavy atom. The molecule has 2 nitrogen and oxygen atoms in total. The maximum atomic E-state index is 14.1. The molecule has 0 saturated carbocycles. The zero-order valence-corrected chi connectivity index (χ0v) is 13.5. The van der Waals surface area contributed by atoms with Gasteiger partial charge in [0.15, 0.2) is 0 Å². The van der Waals surface area contributed by atoms with E-state index in [-0.39, 0.29) is 11.1 Å². The van der Waals surface area contributed by atoms with Gasteiger partial charge in [0.1, 0.15) is 23.1 Å². The third-order valence-corrected chi connectivity index (χ3v) is 4.24. The largest absolute Gasteiger partial charge is 0.497 e. The fraction of sp³-hybridized carbons (Fsp3) is 0.250. The Morgan fingerprint density at radius 3 is 2.00 bits per heavy atom. The predicted octanol–water partition coefficient (Wildman–Crippen LogP) is 4.77. The number of hydrogen-bond donors (Lipinski definition) is 0. The van der Waals surface area contributed by atoms with E-state index < -0.39 is 16.5 Å². The lowest BCUT2D eigenvalue weighted by Gasteiger charge is -2.15. The Bertz CT molecular complexity index is 637. The molecule has 0 aliphatic carbocycles. The van der Waals surface area contributed by atoms with E-state index in [4.69, 9.17) is 9.47 Å². The Hall–Kier alpha value is -1.62. The van der Waals surface area contributed by atoms with Crippen molar-refractivity contribution in [3.63, 3.8) is 0 Å². The lowest BCUT2D eigenvalue weighted by atomic mass is 10.0. The van der Waals surface area contributed by atoms with E-state index in [0.29, 0.717) is 17.1 Å². The van der Waals surface area contributed by atoms with Gasteiger partial charge in [-0.2, -0.15) is 0 Å². The van der Waals surface area contributed by atoms with Gasteiger partial charge in [-0.05, 0) is 42.3 Å². The second kappa shape index (κ2) is 6.43. The third-order valence-electron chi connectivity index (χ3n) is 3.22. The SMILES string of the molecule is COc1cc(OC)cc(C(Br)c2cc(F)c(C)cc2F)c1. The summed E-state index contributed by atoms with van der Waals surface area (Å²) in [6.45, 7) is 1.53. The van der Waals surface area contributed by atoms with Crippen LogP contribution in [0.4, 0.5) is 8.78 Å². The highest BCUT2D eigenvalue weighted by atomic mass is 79.9. The van der Waals surface area contributed by atoms with E-state index in [0.717, 1.165) is 0 Å². The molecule has 112 valence electrons. The van der Waals surface area contributed by atoms with E-state index >= 15 is 0 Å². The summed E-state index contributed by atoms with van der Waals surface area (Å²) < 4.78 is 38.1. The standard InChI is InChI=1S/C16H15BrF2O2/c1-9-4-15(19)13(8-14(9)18)16(17)10-5-11(20-2)7-12(6-10)21-3/h4-8,16H,1-3H3. The Balaban J connectivity index is 2.49. The van der Waals surface area contributed by atoms with Crippen molar-refractivity contribution in [2.75, 3.05) is 14.2 Å². The molecule has 0 aliphatic heterocycles. The first-order chi connectivity index (χ1) is 9.96. The van der Waals surface area contributed by atoms with Crippen LogP contribution in [0.3, 0.4) is 0 Å². The molecule has 0 fully saturated rings. The second-order valence-corrected chi connectivity index (χ2v) is 5.55. The molecule has 2 rings (SSSR count). The first kappa shape index (κ1) is 15.8. The molecule has 0 amide bonds. The summed E-state index contributed by atoms with van der Waals surface area (Å²) >= 11 is 3.41. The number of aryl methyl sites for hydroxylation is 1. The van der Waals surface area contributed by atoms with Crippen molar-refractivity contribution < 1.29 is 18.3 Å². The topological polar surface area (TPSA) is 18.5 Å². The van der Waals surface area contributed by atoms with Crippen molar-refractivity contribution in [2.45, 2.75) is 11.8 Å². The Labute approximate surface area is 130 Å².